The van der Waals surface area contributed by atoms with Gasteiger partial charge in [-0.05, 0) is 19.3 Å². The smallest absolute Gasteiger partial charge is 0.218 e. The molecule has 4 nitrogen and oxygen atoms in total. The van der Waals surface area contributed by atoms with Gasteiger partial charge in [-0.15, -0.1) is 0 Å². The number of hydrogen-bond donors (Lipinski definition) is 1. The molecule has 0 aromatic carbocycles. The molecule has 1 heterocycles. The molecular formula is C12H19N3O. The maximum atomic E-state index is 5.47. The van der Waals surface area contributed by atoms with Crippen molar-refractivity contribution in [1.29, 1.82) is 0 Å². The third-order valence-electron chi connectivity index (χ3n) is 2.80. The lowest BCUT2D eigenvalue weighted by Crippen LogP contribution is -2.15. The summed E-state index contributed by atoms with van der Waals surface area (Å²) in [7, 11) is 0. The minimum absolute atomic E-state index is 0.578. The van der Waals surface area contributed by atoms with E-state index in [9.17, 15) is 0 Å². The number of rotatable bonds is 5. The lowest BCUT2D eigenvalue weighted by molar-refractivity contribution is 0.305. The van der Waals surface area contributed by atoms with E-state index in [1.54, 1.807) is 6.33 Å². The highest BCUT2D eigenvalue weighted by Crippen LogP contribution is 2.22. The van der Waals surface area contributed by atoms with E-state index in [1.165, 1.54) is 25.7 Å². The van der Waals surface area contributed by atoms with Gasteiger partial charge >= 0.3 is 0 Å². The first kappa shape index (κ1) is 11.2. The minimum Gasteiger partial charge on any atom is -0.478 e. The first-order valence-electron chi connectivity index (χ1n) is 6.10. The zero-order valence-electron chi connectivity index (χ0n) is 9.78. The minimum atomic E-state index is 0.578. The van der Waals surface area contributed by atoms with Crippen molar-refractivity contribution in [3.8, 4) is 5.88 Å². The number of nitrogens with one attached hydrogen (secondary N) is 1. The Bertz CT molecular complexity index is 324. The molecule has 88 valence electrons. The van der Waals surface area contributed by atoms with Crippen molar-refractivity contribution in [2.75, 3.05) is 11.9 Å². The molecule has 1 aliphatic rings. The first-order chi connectivity index (χ1) is 7.88. The topological polar surface area (TPSA) is 47.0 Å². The van der Waals surface area contributed by atoms with Gasteiger partial charge in [-0.25, -0.2) is 9.97 Å². The van der Waals surface area contributed by atoms with Gasteiger partial charge in [-0.1, -0.05) is 19.8 Å². The zero-order chi connectivity index (χ0) is 11.2. The van der Waals surface area contributed by atoms with E-state index in [4.69, 9.17) is 4.74 Å². The number of anilines is 1. The Kier molecular flexibility index (Phi) is 3.97. The summed E-state index contributed by atoms with van der Waals surface area (Å²) in [5, 5.41) is 3.43. The van der Waals surface area contributed by atoms with Gasteiger partial charge in [0, 0.05) is 12.1 Å². The van der Waals surface area contributed by atoms with E-state index in [0.29, 0.717) is 18.5 Å². The number of aromatic nitrogens is 2. The fourth-order valence-corrected chi connectivity index (χ4v) is 1.98. The normalized spacial score (nSPS) is 16.3. The van der Waals surface area contributed by atoms with Crippen LogP contribution >= 0.6 is 0 Å². The summed E-state index contributed by atoms with van der Waals surface area (Å²) in [6.07, 6.45) is 7.69. The van der Waals surface area contributed by atoms with E-state index < -0.39 is 0 Å². The van der Waals surface area contributed by atoms with Crippen molar-refractivity contribution in [3.63, 3.8) is 0 Å². The summed E-state index contributed by atoms with van der Waals surface area (Å²) >= 11 is 0. The molecule has 0 aliphatic heterocycles. The van der Waals surface area contributed by atoms with Gasteiger partial charge in [0.05, 0.1) is 6.61 Å². The van der Waals surface area contributed by atoms with Crippen LogP contribution in [-0.4, -0.2) is 22.6 Å². The molecule has 0 radical (unpaired) electrons. The van der Waals surface area contributed by atoms with Crippen LogP contribution in [0.1, 0.15) is 39.0 Å². The fourth-order valence-electron chi connectivity index (χ4n) is 1.98. The lowest BCUT2D eigenvalue weighted by Gasteiger charge is -2.12. The molecule has 0 atom stereocenters. The summed E-state index contributed by atoms with van der Waals surface area (Å²) in [6.45, 7) is 2.79. The van der Waals surface area contributed by atoms with E-state index >= 15 is 0 Å². The zero-order valence-corrected chi connectivity index (χ0v) is 9.78. The predicted octanol–water partition coefficient (Wildman–Crippen LogP) is 2.62. The first-order valence-corrected chi connectivity index (χ1v) is 6.10. The van der Waals surface area contributed by atoms with Gasteiger partial charge in [0.25, 0.3) is 0 Å². The highest BCUT2D eigenvalue weighted by atomic mass is 16.5. The molecule has 1 saturated carbocycles. The average molecular weight is 221 g/mol. The van der Waals surface area contributed by atoms with Crippen molar-refractivity contribution in [1.82, 2.24) is 9.97 Å². The van der Waals surface area contributed by atoms with Gasteiger partial charge in [0.15, 0.2) is 0 Å². The van der Waals surface area contributed by atoms with E-state index in [2.05, 4.69) is 22.2 Å². The van der Waals surface area contributed by atoms with Crippen LogP contribution in [0.4, 0.5) is 5.82 Å². The molecule has 1 N–H and O–H groups in total. The summed E-state index contributed by atoms with van der Waals surface area (Å²) in [4.78, 5) is 8.29. The second-order valence-corrected chi connectivity index (χ2v) is 4.22. The lowest BCUT2D eigenvalue weighted by atomic mass is 10.2. The second kappa shape index (κ2) is 5.68. The molecule has 0 bridgehead atoms. The van der Waals surface area contributed by atoms with Gasteiger partial charge in [0.2, 0.25) is 5.88 Å². The highest BCUT2D eigenvalue weighted by molar-refractivity contribution is 5.38. The standard InChI is InChI=1S/C12H19N3O/c1-2-7-16-12-8-11(13-9-14-12)15-10-5-3-4-6-10/h8-10H,2-7H2,1H3,(H,13,14,15). The van der Waals surface area contributed by atoms with Crippen molar-refractivity contribution < 1.29 is 4.74 Å². The largest absolute Gasteiger partial charge is 0.478 e. The Morgan fingerprint density at radius 2 is 2.19 bits per heavy atom. The van der Waals surface area contributed by atoms with Crippen LogP contribution in [0.5, 0.6) is 5.88 Å². The van der Waals surface area contributed by atoms with E-state index in [1.807, 2.05) is 6.07 Å². The van der Waals surface area contributed by atoms with Crippen molar-refractivity contribution in [3.05, 3.63) is 12.4 Å². The molecule has 16 heavy (non-hydrogen) atoms. The molecule has 1 aromatic rings. The summed E-state index contributed by atoms with van der Waals surface area (Å²) in [5.41, 5.74) is 0. The van der Waals surface area contributed by atoms with Gasteiger partial charge in [-0.2, -0.15) is 0 Å². The molecule has 0 saturated heterocycles. The second-order valence-electron chi connectivity index (χ2n) is 4.22. The maximum absolute atomic E-state index is 5.47. The Balaban J connectivity index is 1.92. The number of nitrogens with zero attached hydrogens (tertiary/aromatic N) is 2. The molecule has 1 aromatic heterocycles. The average Bonchev–Trinajstić information content (AvgIpc) is 2.80. The Morgan fingerprint density at radius 1 is 1.38 bits per heavy atom. The van der Waals surface area contributed by atoms with Crippen molar-refractivity contribution >= 4 is 5.82 Å². The van der Waals surface area contributed by atoms with E-state index in [0.717, 1.165) is 12.2 Å². The van der Waals surface area contributed by atoms with Gasteiger partial charge < -0.3 is 10.1 Å². The number of ether oxygens (including phenoxy) is 1. The van der Waals surface area contributed by atoms with Crippen LogP contribution in [0.3, 0.4) is 0 Å². The monoisotopic (exact) mass is 221 g/mol. The molecule has 4 heteroatoms. The van der Waals surface area contributed by atoms with Crippen LogP contribution < -0.4 is 10.1 Å². The Labute approximate surface area is 96.4 Å². The molecule has 0 spiro atoms. The molecular weight excluding hydrogens is 202 g/mol. The van der Waals surface area contributed by atoms with Crippen LogP contribution in [-0.2, 0) is 0 Å². The maximum Gasteiger partial charge on any atom is 0.218 e. The fraction of sp³-hybridized carbons (Fsp3) is 0.667. The third-order valence-corrected chi connectivity index (χ3v) is 2.80. The van der Waals surface area contributed by atoms with Crippen molar-refractivity contribution in [2.45, 2.75) is 45.1 Å². The molecule has 1 fully saturated rings. The van der Waals surface area contributed by atoms with Crippen LogP contribution in [0.25, 0.3) is 0 Å². The van der Waals surface area contributed by atoms with Crippen LogP contribution in [0.2, 0.25) is 0 Å². The van der Waals surface area contributed by atoms with Crippen LogP contribution in [0, 0.1) is 0 Å². The Hall–Kier alpha value is -1.32. The SMILES string of the molecule is CCCOc1cc(NC2CCCC2)ncn1. The van der Waals surface area contributed by atoms with Crippen LogP contribution in [0.15, 0.2) is 12.4 Å². The molecule has 1 aliphatic carbocycles. The third kappa shape index (κ3) is 3.08. The predicted molar refractivity (Wildman–Crippen MR) is 63.7 cm³/mol. The summed E-state index contributed by atoms with van der Waals surface area (Å²) in [5.74, 6) is 1.55. The highest BCUT2D eigenvalue weighted by Gasteiger charge is 2.15. The quantitative estimate of drug-likeness (QED) is 0.830. The number of hydrogen-bond acceptors (Lipinski definition) is 4. The van der Waals surface area contributed by atoms with Crippen molar-refractivity contribution in [2.24, 2.45) is 0 Å². The van der Waals surface area contributed by atoms with Gasteiger partial charge in [0.1, 0.15) is 12.1 Å². The van der Waals surface area contributed by atoms with E-state index in [-0.39, 0.29) is 0 Å². The Morgan fingerprint density at radius 3 is 2.94 bits per heavy atom. The van der Waals surface area contributed by atoms with Gasteiger partial charge in [-0.3, -0.25) is 0 Å². The molecule has 2 rings (SSSR count). The molecule has 0 unspecified atom stereocenters. The summed E-state index contributed by atoms with van der Waals surface area (Å²) in [6, 6.07) is 2.46. The molecule has 0 amide bonds. The summed E-state index contributed by atoms with van der Waals surface area (Å²) < 4.78 is 5.47.